The number of carboxylic acids is 1. The Labute approximate surface area is 224 Å². The first kappa shape index (κ1) is 29.0. The van der Waals surface area contributed by atoms with Crippen LogP contribution in [0.15, 0.2) is 24.3 Å². The first-order valence-corrected chi connectivity index (χ1v) is 13.5. The van der Waals surface area contributed by atoms with E-state index in [0.29, 0.717) is 17.7 Å². The number of nitrogens with two attached hydrogens (primary N) is 1. The van der Waals surface area contributed by atoms with Gasteiger partial charge in [0.2, 0.25) is 17.7 Å². The molecule has 3 amide bonds. The number of thiol groups is 1. The van der Waals surface area contributed by atoms with E-state index in [1.165, 1.54) is 0 Å². The molecular formula is C27H40N4O5S. The van der Waals surface area contributed by atoms with E-state index in [0.717, 1.165) is 30.4 Å². The monoisotopic (exact) mass is 532 g/mol. The van der Waals surface area contributed by atoms with Crippen LogP contribution in [0.25, 0.3) is 0 Å². The Morgan fingerprint density at radius 1 is 1.16 bits per heavy atom. The zero-order valence-electron chi connectivity index (χ0n) is 21.9. The Kier molecular flexibility index (Phi) is 9.63. The number of fused-ring (bicyclic) bond motifs is 1. The molecule has 1 heterocycles. The van der Waals surface area contributed by atoms with Gasteiger partial charge in [-0.05, 0) is 54.7 Å². The molecule has 3 rings (SSSR count). The molecule has 1 aromatic carbocycles. The van der Waals surface area contributed by atoms with Crippen LogP contribution < -0.4 is 16.4 Å². The van der Waals surface area contributed by atoms with Crippen LogP contribution in [0, 0.1) is 11.3 Å². The largest absolute Gasteiger partial charge is 0.480 e. The number of hydrogen-bond donors (Lipinski definition) is 5. The Hall–Kier alpha value is -2.59. The van der Waals surface area contributed by atoms with Gasteiger partial charge in [0.15, 0.2) is 0 Å². The number of rotatable bonds is 10. The summed E-state index contributed by atoms with van der Waals surface area (Å²) in [6.45, 7) is 6.93. The number of carbonyl (C=O) groups is 4. The summed E-state index contributed by atoms with van der Waals surface area (Å²) in [7, 11) is 0. The van der Waals surface area contributed by atoms with Crippen molar-refractivity contribution in [3.63, 3.8) is 0 Å². The van der Waals surface area contributed by atoms with Crippen molar-refractivity contribution in [2.75, 3.05) is 6.54 Å². The minimum Gasteiger partial charge on any atom is -0.480 e. The molecule has 5 atom stereocenters. The smallest absolute Gasteiger partial charge is 0.326 e. The summed E-state index contributed by atoms with van der Waals surface area (Å²) in [5.41, 5.74) is 6.67. The predicted molar refractivity (Wildman–Crippen MR) is 144 cm³/mol. The maximum absolute atomic E-state index is 14.1. The number of benzene rings is 1. The van der Waals surface area contributed by atoms with Crippen molar-refractivity contribution >= 4 is 36.3 Å². The van der Waals surface area contributed by atoms with Crippen molar-refractivity contribution in [3.05, 3.63) is 35.4 Å². The summed E-state index contributed by atoms with van der Waals surface area (Å²) in [6.07, 6.45) is 3.12. The van der Waals surface area contributed by atoms with E-state index >= 15 is 0 Å². The Bertz CT molecular complexity index is 1010. The van der Waals surface area contributed by atoms with Crippen LogP contribution in [0.3, 0.4) is 0 Å². The zero-order valence-corrected chi connectivity index (χ0v) is 22.8. The van der Waals surface area contributed by atoms with Crippen LogP contribution in [0.4, 0.5) is 0 Å². The molecule has 1 aliphatic heterocycles. The molecule has 9 nitrogen and oxygen atoms in total. The Balaban J connectivity index is 1.84. The van der Waals surface area contributed by atoms with Crippen molar-refractivity contribution in [1.29, 1.82) is 0 Å². The molecule has 204 valence electrons. The quantitative estimate of drug-likeness (QED) is 0.291. The summed E-state index contributed by atoms with van der Waals surface area (Å²) < 4.78 is 0. The minimum absolute atomic E-state index is 0.118. The second kappa shape index (κ2) is 12.3. The van der Waals surface area contributed by atoms with Gasteiger partial charge in [0.1, 0.15) is 12.1 Å². The van der Waals surface area contributed by atoms with Crippen LogP contribution in [-0.4, -0.2) is 63.6 Å². The number of carbonyl (C=O) groups excluding carboxylic acids is 3. The summed E-state index contributed by atoms with van der Waals surface area (Å²) in [4.78, 5) is 52.0. The van der Waals surface area contributed by atoms with E-state index in [4.69, 9.17) is 5.73 Å². The lowest BCUT2D eigenvalue weighted by Crippen LogP contribution is -2.61. The molecule has 0 saturated heterocycles. The highest BCUT2D eigenvalue weighted by molar-refractivity contribution is 7.80. The number of hydrogen-bond acceptors (Lipinski definition) is 6. The first-order chi connectivity index (χ1) is 17.4. The van der Waals surface area contributed by atoms with Crippen molar-refractivity contribution in [3.8, 4) is 0 Å². The molecular weight excluding hydrogens is 492 g/mol. The molecule has 37 heavy (non-hydrogen) atoms. The van der Waals surface area contributed by atoms with Crippen molar-refractivity contribution in [2.45, 2.75) is 89.2 Å². The highest BCUT2D eigenvalue weighted by Gasteiger charge is 2.42. The third-order valence-electron chi connectivity index (χ3n) is 7.37. The van der Waals surface area contributed by atoms with E-state index in [9.17, 15) is 24.3 Å². The molecule has 0 spiro atoms. The Morgan fingerprint density at radius 3 is 2.41 bits per heavy atom. The third kappa shape index (κ3) is 7.70. The fourth-order valence-corrected chi connectivity index (χ4v) is 5.70. The first-order valence-electron chi connectivity index (χ1n) is 13.0. The molecule has 10 heteroatoms. The van der Waals surface area contributed by atoms with Gasteiger partial charge in [-0.3, -0.25) is 14.4 Å². The van der Waals surface area contributed by atoms with Crippen molar-refractivity contribution < 1.29 is 24.3 Å². The molecule has 2 aliphatic rings. The van der Waals surface area contributed by atoms with Gasteiger partial charge in [-0.25, -0.2) is 4.79 Å². The fourth-order valence-electron chi connectivity index (χ4n) is 5.25. The molecule has 0 unspecified atom stereocenters. The lowest BCUT2D eigenvalue weighted by molar-refractivity contribution is -0.147. The average molecular weight is 533 g/mol. The molecule has 1 aliphatic carbocycles. The Morgan fingerprint density at radius 2 is 1.84 bits per heavy atom. The van der Waals surface area contributed by atoms with Gasteiger partial charge < -0.3 is 26.4 Å². The molecule has 1 saturated carbocycles. The maximum Gasteiger partial charge on any atom is 0.326 e. The number of aliphatic carboxylic acids is 1. The van der Waals surface area contributed by atoms with Gasteiger partial charge in [-0.15, -0.1) is 0 Å². The molecule has 0 aromatic heterocycles. The highest BCUT2D eigenvalue weighted by atomic mass is 32.1. The lowest BCUT2D eigenvalue weighted by Gasteiger charge is -2.41. The van der Waals surface area contributed by atoms with Gasteiger partial charge in [0, 0.05) is 24.6 Å². The third-order valence-corrected chi connectivity index (χ3v) is 7.83. The van der Waals surface area contributed by atoms with E-state index in [-0.39, 0.29) is 31.7 Å². The normalized spacial score (nSPS) is 23.1. The van der Waals surface area contributed by atoms with E-state index in [1.807, 2.05) is 45.0 Å². The van der Waals surface area contributed by atoms with Crippen LogP contribution in [-0.2, 0) is 32.1 Å². The predicted octanol–water partition coefficient (Wildman–Crippen LogP) is 1.88. The second-order valence-electron chi connectivity index (χ2n) is 11.4. The van der Waals surface area contributed by atoms with E-state index < -0.39 is 41.3 Å². The molecule has 5 N–H and O–H groups in total. The molecule has 0 bridgehead atoms. The van der Waals surface area contributed by atoms with Crippen LogP contribution >= 0.6 is 12.6 Å². The molecule has 0 radical (unpaired) electrons. The standard InChI is InChI=1S/C27H40N4O5S/c1-27(2,3)23(29-14-16-8-9-19(37)12-16)25(34)31-15-18-7-5-4-6-17(18)13-21(31)24(33)30-20(26(35)36)10-11-22(28)32/h4-7,16,19-21,23,29,37H,8-15H2,1-3H3,(H2,28,32)(H,30,33)(H,35,36)/t16-,19+,20-,21-,23+/m0/s1. The average Bonchev–Trinajstić information content (AvgIpc) is 3.24. The van der Waals surface area contributed by atoms with Crippen LogP contribution in [0.5, 0.6) is 0 Å². The van der Waals surface area contributed by atoms with Gasteiger partial charge in [0.25, 0.3) is 0 Å². The maximum atomic E-state index is 14.1. The van der Waals surface area contributed by atoms with Crippen molar-refractivity contribution in [2.24, 2.45) is 17.1 Å². The van der Waals surface area contributed by atoms with Gasteiger partial charge >= 0.3 is 5.97 Å². The summed E-state index contributed by atoms with van der Waals surface area (Å²) in [6, 6.07) is 4.97. The van der Waals surface area contributed by atoms with Crippen molar-refractivity contribution in [1.82, 2.24) is 15.5 Å². The number of nitrogens with one attached hydrogen (secondary N) is 2. The summed E-state index contributed by atoms with van der Waals surface area (Å²) in [5, 5.41) is 16.0. The van der Waals surface area contributed by atoms with Gasteiger partial charge in [-0.2, -0.15) is 12.6 Å². The topological polar surface area (TPSA) is 142 Å². The van der Waals surface area contributed by atoms with Crippen LogP contribution in [0.1, 0.15) is 64.0 Å². The van der Waals surface area contributed by atoms with Gasteiger partial charge in [-0.1, -0.05) is 45.0 Å². The lowest BCUT2D eigenvalue weighted by atomic mass is 9.84. The number of primary amides is 1. The summed E-state index contributed by atoms with van der Waals surface area (Å²) >= 11 is 4.59. The fraction of sp³-hybridized carbons (Fsp3) is 0.630. The molecule has 1 aromatic rings. The van der Waals surface area contributed by atoms with E-state index in [2.05, 4.69) is 23.3 Å². The molecule has 1 fully saturated rings. The number of amides is 3. The second-order valence-corrected chi connectivity index (χ2v) is 12.1. The number of nitrogens with zero attached hydrogens (tertiary/aromatic N) is 1. The minimum atomic E-state index is -1.28. The SMILES string of the molecule is CC(C)(C)[C@H](NC[C@H]1CC[C@@H](S)C1)C(=O)N1Cc2ccccc2C[C@H]1C(=O)N[C@@H](CCC(N)=O)C(=O)O. The zero-order chi connectivity index (χ0) is 27.3. The van der Waals surface area contributed by atoms with E-state index in [1.54, 1.807) is 4.90 Å². The number of carboxylic acid groups (broad SMARTS) is 1. The summed E-state index contributed by atoms with van der Waals surface area (Å²) in [5.74, 6) is -2.19. The van der Waals surface area contributed by atoms with Crippen LogP contribution in [0.2, 0.25) is 0 Å². The highest BCUT2D eigenvalue weighted by Crippen LogP contribution is 2.31. The van der Waals surface area contributed by atoms with Gasteiger partial charge in [0.05, 0.1) is 6.04 Å².